The van der Waals surface area contributed by atoms with Crippen LogP contribution >= 0.6 is 0 Å². The maximum absolute atomic E-state index is 15.1. The Bertz CT molecular complexity index is 1470. The van der Waals surface area contributed by atoms with E-state index < -0.39 is 5.41 Å². The summed E-state index contributed by atoms with van der Waals surface area (Å²) in [5.74, 6) is -0.144. The van der Waals surface area contributed by atoms with Gasteiger partial charge in [0, 0.05) is 39.9 Å². The molecular formula is C29H25FN4O. The second kappa shape index (κ2) is 7.91. The number of aryl methyl sites for hydroxylation is 1. The summed E-state index contributed by atoms with van der Waals surface area (Å²) < 4.78 is 15.1. The van der Waals surface area contributed by atoms with Crippen molar-refractivity contribution < 1.29 is 9.18 Å². The van der Waals surface area contributed by atoms with Crippen molar-refractivity contribution in [1.82, 2.24) is 15.0 Å². The van der Waals surface area contributed by atoms with Gasteiger partial charge in [-0.1, -0.05) is 32.1 Å². The molecule has 0 unspecified atom stereocenters. The van der Waals surface area contributed by atoms with Gasteiger partial charge in [0.05, 0.1) is 17.0 Å². The SMILES string of the molecule is C[C@H]1C(=O)C(C#N)=C[C@@]2(C)c3nc(-c4ccnc5c4CCC5)nc(-c4ccccc4F)c3CC[C@H]12. The van der Waals surface area contributed by atoms with E-state index in [9.17, 15) is 10.1 Å². The minimum absolute atomic E-state index is 0.0129. The first-order chi connectivity index (χ1) is 16.9. The third-order valence-corrected chi connectivity index (χ3v) is 8.20. The zero-order chi connectivity index (χ0) is 24.3. The molecule has 0 bridgehead atoms. The molecule has 0 N–H and O–H groups in total. The molecule has 3 aliphatic rings. The molecule has 5 nitrogen and oxygen atoms in total. The monoisotopic (exact) mass is 464 g/mol. The third-order valence-electron chi connectivity index (χ3n) is 8.20. The van der Waals surface area contributed by atoms with E-state index in [4.69, 9.17) is 9.97 Å². The van der Waals surface area contributed by atoms with Crippen LogP contribution < -0.4 is 0 Å². The van der Waals surface area contributed by atoms with Gasteiger partial charge < -0.3 is 0 Å². The molecule has 0 radical (unpaired) electrons. The van der Waals surface area contributed by atoms with Crippen LogP contribution in [0, 0.1) is 29.0 Å². The van der Waals surface area contributed by atoms with E-state index in [1.54, 1.807) is 24.4 Å². The molecule has 0 amide bonds. The summed E-state index contributed by atoms with van der Waals surface area (Å²) in [4.78, 5) is 27.5. The molecule has 0 saturated heterocycles. The van der Waals surface area contributed by atoms with E-state index in [2.05, 4.69) is 18.0 Å². The quantitative estimate of drug-likeness (QED) is 0.513. The number of fused-ring (bicyclic) bond motifs is 4. The minimum atomic E-state index is -0.625. The van der Waals surface area contributed by atoms with Gasteiger partial charge in [-0.05, 0) is 61.8 Å². The normalized spacial score (nSPS) is 24.7. The number of carbonyl (C=O) groups excluding carboxylic acids is 1. The number of rotatable bonds is 2. The molecule has 3 atom stereocenters. The summed E-state index contributed by atoms with van der Waals surface area (Å²) in [7, 11) is 0. The first-order valence-corrected chi connectivity index (χ1v) is 12.2. The fourth-order valence-electron chi connectivity index (χ4n) is 6.44. The highest BCUT2D eigenvalue weighted by Crippen LogP contribution is 2.51. The Hall–Kier alpha value is -3.72. The predicted molar refractivity (Wildman–Crippen MR) is 130 cm³/mol. The predicted octanol–water partition coefficient (Wildman–Crippen LogP) is 5.32. The smallest absolute Gasteiger partial charge is 0.176 e. The highest BCUT2D eigenvalue weighted by atomic mass is 19.1. The Kier molecular flexibility index (Phi) is 4.93. The zero-order valence-electron chi connectivity index (χ0n) is 19.8. The number of halogens is 1. The van der Waals surface area contributed by atoms with Crippen LogP contribution in [0.2, 0.25) is 0 Å². The summed E-state index contributed by atoms with van der Waals surface area (Å²) >= 11 is 0. The Balaban J connectivity index is 1.67. The summed E-state index contributed by atoms with van der Waals surface area (Å²) in [6, 6.07) is 10.8. The third kappa shape index (κ3) is 3.18. The second-order valence-corrected chi connectivity index (χ2v) is 10.1. The van der Waals surface area contributed by atoms with Gasteiger partial charge in [0.25, 0.3) is 0 Å². The number of hydrogen-bond donors (Lipinski definition) is 0. The van der Waals surface area contributed by atoms with Crippen molar-refractivity contribution in [2.75, 3.05) is 0 Å². The van der Waals surface area contributed by atoms with E-state index in [0.717, 1.165) is 53.8 Å². The Morgan fingerprint density at radius 3 is 2.71 bits per heavy atom. The van der Waals surface area contributed by atoms with Crippen molar-refractivity contribution in [2.45, 2.75) is 51.4 Å². The lowest BCUT2D eigenvalue weighted by Crippen LogP contribution is -2.46. The topological polar surface area (TPSA) is 79.5 Å². The van der Waals surface area contributed by atoms with Crippen molar-refractivity contribution in [2.24, 2.45) is 11.8 Å². The molecule has 6 heteroatoms. The fraction of sp³-hybridized carbons (Fsp3) is 0.345. The molecule has 3 aromatic rings. The summed E-state index contributed by atoms with van der Waals surface area (Å²) in [6.45, 7) is 3.98. The zero-order valence-corrected chi connectivity index (χ0v) is 19.8. The average Bonchev–Trinajstić information content (AvgIpc) is 3.35. The molecule has 0 saturated carbocycles. The van der Waals surface area contributed by atoms with Crippen LogP contribution in [0.3, 0.4) is 0 Å². The molecule has 2 aromatic heterocycles. The van der Waals surface area contributed by atoms with Crippen LogP contribution in [0.4, 0.5) is 4.39 Å². The van der Waals surface area contributed by atoms with Crippen molar-refractivity contribution in [1.29, 1.82) is 5.26 Å². The molecule has 6 rings (SSSR count). The van der Waals surface area contributed by atoms with Gasteiger partial charge in [-0.3, -0.25) is 9.78 Å². The maximum Gasteiger partial charge on any atom is 0.176 e. The number of nitrogens with zero attached hydrogens (tertiary/aromatic N) is 4. The Morgan fingerprint density at radius 1 is 1.09 bits per heavy atom. The van der Waals surface area contributed by atoms with E-state index >= 15 is 4.39 Å². The van der Waals surface area contributed by atoms with E-state index in [0.29, 0.717) is 23.5 Å². The molecular weight excluding hydrogens is 439 g/mol. The highest BCUT2D eigenvalue weighted by Gasteiger charge is 2.49. The lowest BCUT2D eigenvalue weighted by Gasteiger charge is -2.45. The number of ketones is 1. The lowest BCUT2D eigenvalue weighted by atomic mass is 9.57. The summed E-state index contributed by atoms with van der Waals surface area (Å²) in [6.07, 6.45) is 7.89. The molecule has 174 valence electrons. The highest BCUT2D eigenvalue weighted by molar-refractivity contribution is 6.02. The van der Waals surface area contributed by atoms with Gasteiger partial charge in [-0.25, -0.2) is 14.4 Å². The molecule has 2 heterocycles. The van der Waals surface area contributed by atoms with Crippen molar-refractivity contribution in [3.63, 3.8) is 0 Å². The van der Waals surface area contributed by atoms with Gasteiger partial charge in [-0.2, -0.15) is 5.26 Å². The largest absolute Gasteiger partial charge is 0.293 e. The van der Waals surface area contributed by atoms with Crippen LogP contribution in [0.25, 0.3) is 22.6 Å². The fourth-order valence-corrected chi connectivity index (χ4v) is 6.44. The first kappa shape index (κ1) is 21.8. The van der Waals surface area contributed by atoms with E-state index in [1.807, 2.05) is 19.1 Å². The van der Waals surface area contributed by atoms with Crippen molar-refractivity contribution in [3.8, 4) is 28.7 Å². The van der Waals surface area contributed by atoms with Crippen LogP contribution in [0.1, 0.15) is 49.2 Å². The molecule has 0 fully saturated rings. The van der Waals surface area contributed by atoms with Crippen LogP contribution in [-0.2, 0) is 29.5 Å². The number of benzene rings is 1. The van der Waals surface area contributed by atoms with Gasteiger partial charge in [0.1, 0.15) is 11.9 Å². The van der Waals surface area contributed by atoms with E-state index in [1.165, 1.54) is 6.07 Å². The number of aromatic nitrogens is 3. The molecule has 0 spiro atoms. The second-order valence-electron chi connectivity index (χ2n) is 10.1. The van der Waals surface area contributed by atoms with Crippen molar-refractivity contribution in [3.05, 3.63) is 76.5 Å². The van der Waals surface area contributed by atoms with E-state index in [-0.39, 0.29) is 29.0 Å². The first-order valence-electron chi connectivity index (χ1n) is 12.2. The average molecular weight is 465 g/mol. The number of pyridine rings is 1. The standard InChI is InChI=1S/C29H25FN4O/c1-16-22-11-10-21-25(20-6-3-4-8-23(20)30)33-28(19-12-13-32-24-9-5-7-18(19)24)34-27(21)29(22,2)14-17(15-31)26(16)35/h3-4,6,8,12-14,16,22H,5,7,9-11H2,1-2H3/t16-,22-,29-/m1/s1. The number of hydrogen-bond acceptors (Lipinski definition) is 5. The minimum Gasteiger partial charge on any atom is -0.293 e. The molecule has 3 aliphatic carbocycles. The van der Waals surface area contributed by atoms with Gasteiger partial charge >= 0.3 is 0 Å². The molecule has 1 aromatic carbocycles. The van der Waals surface area contributed by atoms with Gasteiger partial charge in [0.2, 0.25) is 0 Å². The van der Waals surface area contributed by atoms with Crippen molar-refractivity contribution >= 4 is 5.78 Å². The lowest BCUT2D eigenvalue weighted by molar-refractivity contribution is -0.121. The summed E-state index contributed by atoms with van der Waals surface area (Å²) in [5.41, 5.74) is 5.47. The maximum atomic E-state index is 15.1. The Labute approximate surface area is 203 Å². The van der Waals surface area contributed by atoms with Gasteiger partial charge in [-0.15, -0.1) is 0 Å². The Morgan fingerprint density at radius 2 is 1.91 bits per heavy atom. The number of allylic oxidation sites excluding steroid dienone is 2. The number of Topliss-reactive ketones (excluding diaryl/α,β-unsaturated/α-hetero) is 1. The van der Waals surface area contributed by atoms with Gasteiger partial charge in [0.15, 0.2) is 11.6 Å². The van der Waals surface area contributed by atoms with Crippen LogP contribution in [-0.4, -0.2) is 20.7 Å². The molecule has 35 heavy (non-hydrogen) atoms. The number of nitriles is 1. The summed E-state index contributed by atoms with van der Waals surface area (Å²) in [5, 5.41) is 9.71. The van der Waals surface area contributed by atoms with Crippen LogP contribution in [0.15, 0.2) is 48.2 Å². The van der Waals surface area contributed by atoms with Crippen LogP contribution in [0.5, 0.6) is 0 Å². The number of carbonyl (C=O) groups is 1. The molecule has 0 aliphatic heterocycles.